The van der Waals surface area contributed by atoms with Crippen LogP contribution in [0.5, 0.6) is 11.5 Å². The van der Waals surface area contributed by atoms with Crippen molar-refractivity contribution in [1.82, 2.24) is 5.32 Å². The number of rotatable bonds is 6. The second kappa shape index (κ2) is 7.59. The largest absolute Gasteiger partial charge is 0.457 e. The Hall–Kier alpha value is -2.36. The first kappa shape index (κ1) is 16.0. The van der Waals surface area contributed by atoms with Gasteiger partial charge in [-0.15, -0.1) is 0 Å². The van der Waals surface area contributed by atoms with Crippen molar-refractivity contribution in [2.24, 2.45) is 5.92 Å². The summed E-state index contributed by atoms with van der Waals surface area (Å²) in [5, 5.41) is 2.90. The monoisotopic (exact) mass is 301 g/mol. The summed E-state index contributed by atoms with van der Waals surface area (Å²) in [6, 6.07) is 13.3. The van der Waals surface area contributed by atoms with Gasteiger partial charge in [0.05, 0.1) is 0 Å². The highest BCUT2D eigenvalue weighted by Gasteiger charge is 2.09. The lowest BCUT2D eigenvalue weighted by atomic mass is 10.1. The highest BCUT2D eigenvalue weighted by molar-refractivity contribution is 5.78. The Labute approximate surface area is 130 Å². The van der Waals surface area contributed by atoms with Gasteiger partial charge < -0.3 is 10.1 Å². The molecule has 116 valence electrons. The molecule has 2 aromatic rings. The number of hydrogen-bond acceptors (Lipinski definition) is 2. The number of ether oxygens (including phenoxy) is 1. The van der Waals surface area contributed by atoms with Crippen LogP contribution in [-0.2, 0) is 11.3 Å². The van der Waals surface area contributed by atoms with Crippen LogP contribution in [0.2, 0.25) is 0 Å². The molecule has 1 N–H and O–H groups in total. The van der Waals surface area contributed by atoms with Gasteiger partial charge in [-0.25, -0.2) is 4.39 Å². The van der Waals surface area contributed by atoms with Gasteiger partial charge in [0.25, 0.3) is 0 Å². The number of hydrogen-bond donors (Lipinski definition) is 1. The number of carbonyl (C=O) groups excluding carboxylic acids is 1. The van der Waals surface area contributed by atoms with E-state index in [9.17, 15) is 9.18 Å². The molecule has 2 rings (SSSR count). The standard InChI is InChI=1S/C18H20FNO2/c1-3-13(2)18(21)20-12-14-4-8-16(9-5-14)22-17-10-6-15(19)7-11-17/h4-11,13H,3,12H2,1-2H3,(H,20,21)/t13-/m1/s1. The predicted molar refractivity (Wildman–Crippen MR) is 84.2 cm³/mol. The summed E-state index contributed by atoms with van der Waals surface area (Å²) >= 11 is 0. The molecule has 0 aromatic heterocycles. The topological polar surface area (TPSA) is 38.3 Å². The molecule has 0 fully saturated rings. The van der Waals surface area contributed by atoms with Crippen LogP contribution < -0.4 is 10.1 Å². The smallest absolute Gasteiger partial charge is 0.223 e. The molecule has 2 aromatic carbocycles. The van der Waals surface area contributed by atoms with E-state index in [0.717, 1.165) is 12.0 Å². The summed E-state index contributed by atoms with van der Waals surface area (Å²) in [5.41, 5.74) is 1.00. The van der Waals surface area contributed by atoms with E-state index in [-0.39, 0.29) is 17.6 Å². The van der Waals surface area contributed by atoms with Crippen molar-refractivity contribution in [3.05, 3.63) is 59.9 Å². The molecular formula is C18H20FNO2. The van der Waals surface area contributed by atoms with Gasteiger partial charge in [0.2, 0.25) is 5.91 Å². The van der Waals surface area contributed by atoms with Crippen LogP contribution in [0.4, 0.5) is 4.39 Å². The number of halogens is 1. The SMILES string of the molecule is CC[C@@H](C)C(=O)NCc1ccc(Oc2ccc(F)cc2)cc1. The van der Waals surface area contributed by atoms with E-state index in [1.165, 1.54) is 12.1 Å². The zero-order valence-corrected chi connectivity index (χ0v) is 12.8. The normalized spacial score (nSPS) is 11.8. The van der Waals surface area contributed by atoms with Crippen LogP contribution in [-0.4, -0.2) is 5.91 Å². The third-order valence-corrected chi connectivity index (χ3v) is 3.50. The minimum atomic E-state index is -0.292. The summed E-state index contributed by atoms with van der Waals surface area (Å²) in [5.74, 6) is 1.05. The van der Waals surface area contributed by atoms with Crippen LogP contribution in [0.1, 0.15) is 25.8 Å². The Balaban J connectivity index is 1.90. The zero-order chi connectivity index (χ0) is 15.9. The Morgan fingerprint density at radius 2 is 1.64 bits per heavy atom. The molecule has 0 heterocycles. The van der Waals surface area contributed by atoms with Crippen molar-refractivity contribution in [3.63, 3.8) is 0 Å². The molecule has 22 heavy (non-hydrogen) atoms. The summed E-state index contributed by atoms with van der Waals surface area (Å²) < 4.78 is 18.4. The van der Waals surface area contributed by atoms with Crippen molar-refractivity contribution in [1.29, 1.82) is 0 Å². The fraction of sp³-hybridized carbons (Fsp3) is 0.278. The lowest BCUT2D eigenvalue weighted by molar-refractivity contribution is -0.124. The van der Waals surface area contributed by atoms with Gasteiger partial charge in [-0.05, 0) is 48.4 Å². The molecule has 0 unspecified atom stereocenters. The lowest BCUT2D eigenvalue weighted by Crippen LogP contribution is -2.28. The average molecular weight is 301 g/mol. The van der Waals surface area contributed by atoms with Crippen molar-refractivity contribution < 1.29 is 13.9 Å². The third-order valence-electron chi connectivity index (χ3n) is 3.50. The van der Waals surface area contributed by atoms with Crippen molar-refractivity contribution in [3.8, 4) is 11.5 Å². The first-order chi connectivity index (χ1) is 10.6. The number of carbonyl (C=O) groups is 1. The molecule has 3 nitrogen and oxygen atoms in total. The maximum absolute atomic E-state index is 12.8. The molecule has 1 atom stereocenters. The molecule has 0 bridgehead atoms. The maximum atomic E-state index is 12.8. The third kappa shape index (κ3) is 4.58. The minimum Gasteiger partial charge on any atom is -0.457 e. The van der Waals surface area contributed by atoms with Gasteiger partial charge >= 0.3 is 0 Å². The minimum absolute atomic E-state index is 0.0288. The molecule has 1 amide bonds. The van der Waals surface area contributed by atoms with Gasteiger partial charge in [-0.1, -0.05) is 26.0 Å². The molecule has 0 spiro atoms. The first-order valence-corrected chi connectivity index (χ1v) is 7.38. The first-order valence-electron chi connectivity index (χ1n) is 7.38. The summed E-state index contributed by atoms with van der Waals surface area (Å²) in [7, 11) is 0. The second-order valence-electron chi connectivity index (χ2n) is 5.23. The van der Waals surface area contributed by atoms with Crippen molar-refractivity contribution in [2.75, 3.05) is 0 Å². The Kier molecular flexibility index (Phi) is 5.53. The van der Waals surface area contributed by atoms with E-state index in [1.54, 1.807) is 12.1 Å². The van der Waals surface area contributed by atoms with Crippen LogP contribution in [0.25, 0.3) is 0 Å². The Bertz CT molecular complexity index is 608. The highest BCUT2D eigenvalue weighted by atomic mass is 19.1. The van der Waals surface area contributed by atoms with Gasteiger partial charge in [0.15, 0.2) is 0 Å². The number of nitrogens with one attached hydrogen (secondary N) is 1. The van der Waals surface area contributed by atoms with E-state index in [2.05, 4.69) is 5.32 Å². The van der Waals surface area contributed by atoms with E-state index < -0.39 is 0 Å². The molecule has 0 aliphatic carbocycles. The van der Waals surface area contributed by atoms with Crippen LogP contribution in [0, 0.1) is 11.7 Å². The van der Waals surface area contributed by atoms with E-state index in [1.807, 2.05) is 38.1 Å². The summed E-state index contributed by atoms with van der Waals surface area (Å²) in [6.07, 6.45) is 0.830. The molecule has 0 radical (unpaired) electrons. The quantitative estimate of drug-likeness (QED) is 0.865. The second-order valence-corrected chi connectivity index (χ2v) is 5.23. The summed E-state index contributed by atoms with van der Waals surface area (Å²) in [6.45, 7) is 4.40. The van der Waals surface area contributed by atoms with E-state index in [4.69, 9.17) is 4.74 Å². The van der Waals surface area contributed by atoms with Gasteiger partial charge in [0.1, 0.15) is 17.3 Å². The Morgan fingerprint density at radius 3 is 2.18 bits per heavy atom. The number of benzene rings is 2. The predicted octanol–water partition coefficient (Wildman–Crippen LogP) is 4.28. The van der Waals surface area contributed by atoms with Crippen molar-refractivity contribution >= 4 is 5.91 Å². The molecule has 0 aliphatic heterocycles. The Morgan fingerprint density at radius 1 is 1.09 bits per heavy atom. The molecular weight excluding hydrogens is 281 g/mol. The van der Waals surface area contributed by atoms with E-state index in [0.29, 0.717) is 18.0 Å². The fourth-order valence-electron chi connectivity index (χ4n) is 1.86. The average Bonchev–Trinajstić information content (AvgIpc) is 2.55. The van der Waals surface area contributed by atoms with Crippen LogP contribution in [0.3, 0.4) is 0 Å². The van der Waals surface area contributed by atoms with Crippen LogP contribution in [0.15, 0.2) is 48.5 Å². The molecule has 0 saturated heterocycles. The van der Waals surface area contributed by atoms with Gasteiger partial charge in [0, 0.05) is 12.5 Å². The van der Waals surface area contributed by atoms with Crippen molar-refractivity contribution in [2.45, 2.75) is 26.8 Å². The molecule has 4 heteroatoms. The van der Waals surface area contributed by atoms with E-state index >= 15 is 0 Å². The van der Waals surface area contributed by atoms with Gasteiger partial charge in [-0.3, -0.25) is 4.79 Å². The number of amides is 1. The zero-order valence-electron chi connectivity index (χ0n) is 12.8. The molecule has 0 saturated carbocycles. The maximum Gasteiger partial charge on any atom is 0.223 e. The highest BCUT2D eigenvalue weighted by Crippen LogP contribution is 2.21. The van der Waals surface area contributed by atoms with Gasteiger partial charge in [-0.2, -0.15) is 0 Å². The summed E-state index contributed by atoms with van der Waals surface area (Å²) in [4.78, 5) is 11.7. The van der Waals surface area contributed by atoms with Crippen LogP contribution >= 0.6 is 0 Å². The lowest BCUT2D eigenvalue weighted by Gasteiger charge is -2.10. The fourth-order valence-corrected chi connectivity index (χ4v) is 1.86. The molecule has 0 aliphatic rings.